The Kier molecular flexibility index (Phi) is 3.04. The molecular weight excluding hydrogens is 343 g/mol. The lowest BCUT2D eigenvalue weighted by molar-refractivity contribution is 0.103. The number of rotatable bonds is 2. The van der Waals surface area contributed by atoms with Crippen LogP contribution < -0.4 is 0 Å². The maximum absolute atomic E-state index is 12.3. The van der Waals surface area contributed by atoms with E-state index >= 15 is 0 Å². The van der Waals surface area contributed by atoms with Crippen LogP contribution in [-0.4, -0.2) is 5.78 Å². The quantitative estimate of drug-likeness (QED) is 0.587. The average molecular weight is 354 g/mol. The highest BCUT2D eigenvalue weighted by Gasteiger charge is 2.15. The molecule has 0 bridgehead atoms. The van der Waals surface area contributed by atoms with E-state index in [2.05, 4.69) is 34.7 Å². The van der Waals surface area contributed by atoms with Gasteiger partial charge in [-0.05, 0) is 65.1 Å². The summed E-state index contributed by atoms with van der Waals surface area (Å²) in [6.07, 6.45) is 3.51. The first-order chi connectivity index (χ1) is 8.24. The number of halogens is 1. The fraction of sp³-hybridized carbons (Fsp3) is 0.214. The van der Waals surface area contributed by atoms with Crippen molar-refractivity contribution in [3.8, 4) is 0 Å². The summed E-state index contributed by atoms with van der Waals surface area (Å²) in [5.74, 6) is 0.152. The maximum atomic E-state index is 12.3. The zero-order valence-corrected chi connectivity index (χ0v) is 12.2. The molecule has 0 N–H and O–H groups in total. The van der Waals surface area contributed by atoms with Crippen molar-refractivity contribution in [1.82, 2.24) is 0 Å². The van der Waals surface area contributed by atoms with Gasteiger partial charge in [-0.1, -0.05) is 12.1 Å². The number of benzene rings is 1. The Morgan fingerprint density at radius 3 is 2.71 bits per heavy atom. The van der Waals surface area contributed by atoms with Crippen LogP contribution in [0, 0.1) is 2.88 Å². The molecule has 0 saturated heterocycles. The second-order valence-corrected chi connectivity index (χ2v) is 7.11. The molecule has 86 valence electrons. The van der Waals surface area contributed by atoms with Gasteiger partial charge in [-0.3, -0.25) is 4.79 Å². The molecule has 0 saturated carbocycles. The number of aryl methyl sites for hydroxylation is 2. The molecule has 3 rings (SSSR count). The van der Waals surface area contributed by atoms with Crippen LogP contribution in [0.15, 0.2) is 29.6 Å². The van der Waals surface area contributed by atoms with E-state index in [1.807, 2.05) is 17.5 Å². The Morgan fingerprint density at radius 1 is 1.12 bits per heavy atom. The molecule has 2 aromatic rings. The van der Waals surface area contributed by atoms with Gasteiger partial charge in [0.2, 0.25) is 0 Å². The summed E-state index contributed by atoms with van der Waals surface area (Å²) >= 11 is 3.87. The van der Waals surface area contributed by atoms with Gasteiger partial charge in [0.05, 0.1) is 2.88 Å². The lowest BCUT2D eigenvalue weighted by Crippen LogP contribution is -2.00. The Bertz CT molecular complexity index is 586. The average Bonchev–Trinajstić information content (AvgIpc) is 2.95. The molecule has 0 spiro atoms. The fourth-order valence-corrected chi connectivity index (χ4v) is 3.64. The number of hydrogen-bond acceptors (Lipinski definition) is 2. The minimum atomic E-state index is 0.152. The smallest absolute Gasteiger partial charge is 0.193 e. The first kappa shape index (κ1) is 11.4. The second kappa shape index (κ2) is 4.53. The molecule has 0 aliphatic heterocycles. The van der Waals surface area contributed by atoms with Gasteiger partial charge in [-0.2, -0.15) is 0 Å². The summed E-state index contributed by atoms with van der Waals surface area (Å²) in [5.41, 5.74) is 4.43. The standard InChI is InChI=1S/C14H11IOS/c15-13-7-12(8-17-13)14(16)11-5-4-9-2-1-3-10(9)6-11/h4-8H,1-3H2. The highest BCUT2D eigenvalue weighted by Crippen LogP contribution is 2.25. The molecule has 1 nitrogen and oxygen atoms in total. The Morgan fingerprint density at radius 2 is 1.94 bits per heavy atom. The summed E-state index contributed by atoms with van der Waals surface area (Å²) < 4.78 is 1.16. The van der Waals surface area contributed by atoms with Gasteiger partial charge in [0.15, 0.2) is 5.78 Å². The molecule has 0 unspecified atom stereocenters. The van der Waals surface area contributed by atoms with E-state index in [1.165, 1.54) is 24.0 Å². The van der Waals surface area contributed by atoms with Crippen molar-refractivity contribution in [3.63, 3.8) is 0 Å². The highest BCUT2D eigenvalue weighted by atomic mass is 127. The normalized spacial score (nSPS) is 13.7. The van der Waals surface area contributed by atoms with E-state index in [4.69, 9.17) is 0 Å². The summed E-state index contributed by atoms with van der Waals surface area (Å²) in [5, 5.41) is 1.94. The van der Waals surface area contributed by atoms with Crippen LogP contribution in [0.3, 0.4) is 0 Å². The first-order valence-electron chi connectivity index (χ1n) is 5.64. The van der Waals surface area contributed by atoms with E-state index in [-0.39, 0.29) is 5.78 Å². The van der Waals surface area contributed by atoms with E-state index in [1.54, 1.807) is 11.3 Å². The van der Waals surface area contributed by atoms with Crippen molar-refractivity contribution < 1.29 is 4.79 Å². The third kappa shape index (κ3) is 2.18. The van der Waals surface area contributed by atoms with Gasteiger partial charge in [0.1, 0.15) is 0 Å². The largest absolute Gasteiger partial charge is 0.289 e. The van der Waals surface area contributed by atoms with E-state index in [0.717, 1.165) is 20.4 Å². The lowest BCUT2D eigenvalue weighted by Gasteiger charge is -2.02. The molecule has 0 amide bonds. The molecule has 0 atom stereocenters. The summed E-state index contributed by atoms with van der Waals surface area (Å²) in [6, 6.07) is 8.12. The molecule has 1 aromatic carbocycles. The van der Waals surface area contributed by atoms with Crippen LogP contribution in [0.1, 0.15) is 33.5 Å². The third-order valence-corrected chi connectivity index (χ3v) is 4.98. The molecule has 0 radical (unpaired) electrons. The van der Waals surface area contributed by atoms with Crippen molar-refractivity contribution in [2.75, 3.05) is 0 Å². The summed E-state index contributed by atoms with van der Waals surface area (Å²) in [6.45, 7) is 0. The Labute approximate surface area is 118 Å². The number of fused-ring (bicyclic) bond motifs is 1. The zero-order chi connectivity index (χ0) is 11.8. The van der Waals surface area contributed by atoms with Crippen LogP contribution in [0.4, 0.5) is 0 Å². The lowest BCUT2D eigenvalue weighted by atomic mass is 10.0. The van der Waals surface area contributed by atoms with E-state index < -0.39 is 0 Å². The number of carbonyl (C=O) groups is 1. The van der Waals surface area contributed by atoms with Crippen molar-refractivity contribution in [1.29, 1.82) is 0 Å². The Hall–Kier alpha value is -0.680. The molecule has 1 aromatic heterocycles. The molecular formula is C14H11IOS. The van der Waals surface area contributed by atoms with Crippen LogP contribution in [0.2, 0.25) is 0 Å². The van der Waals surface area contributed by atoms with Gasteiger partial charge in [0, 0.05) is 16.5 Å². The minimum absolute atomic E-state index is 0.152. The van der Waals surface area contributed by atoms with Gasteiger partial charge in [-0.25, -0.2) is 0 Å². The SMILES string of the molecule is O=C(c1csc(I)c1)c1ccc2c(c1)CCC2. The predicted molar refractivity (Wildman–Crippen MR) is 78.9 cm³/mol. The van der Waals surface area contributed by atoms with Crippen LogP contribution in [0.5, 0.6) is 0 Å². The van der Waals surface area contributed by atoms with Crippen molar-refractivity contribution >= 4 is 39.7 Å². The van der Waals surface area contributed by atoms with Crippen molar-refractivity contribution in [3.05, 3.63) is 54.8 Å². The van der Waals surface area contributed by atoms with Gasteiger partial charge in [0.25, 0.3) is 0 Å². The van der Waals surface area contributed by atoms with Crippen LogP contribution >= 0.6 is 33.9 Å². The molecule has 0 fully saturated rings. The maximum Gasteiger partial charge on any atom is 0.193 e. The summed E-state index contributed by atoms with van der Waals surface area (Å²) in [4.78, 5) is 12.3. The second-order valence-electron chi connectivity index (χ2n) is 4.31. The van der Waals surface area contributed by atoms with Crippen LogP contribution in [-0.2, 0) is 12.8 Å². The first-order valence-corrected chi connectivity index (χ1v) is 7.60. The summed E-state index contributed by atoms with van der Waals surface area (Å²) in [7, 11) is 0. The van der Waals surface area contributed by atoms with Gasteiger partial charge < -0.3 is 0 Å². The van der Waals surface area contributed by atoms with Gasteiger partial charge in [-0.15, -0.1) is 11.3 Å². The molecule has 17 heavy (non-hydrogen) atoms. The predicted octanol–water partition coefficient (Wildman–Crippen LogP) is 4.07. The van der Waals surface area contributed by atoms with Crippen molar-refractivity contribution in [2.45, 2.75) is 19.3 Å². The third-order valence-electron chi connectivity index (χ3n) is 3.19. The van der Waals surface area contributed by atoms with Crippen molar-refractivity contribution in [2.24, 2.45) is 0 Å². The fourth-order valence-electron chi connectivity index (χ4n) is 2.31. The minimum Gasteiger partial charge on any atom is -0.289 e. The monoisotopic (exact) mass is 354 g/mol. The molecule has 3 heteroatoms. The molecule has 1 aliphatic rings. The Balaban J connectivity index is 1.97. The molecule has 1 aliphatic carbocycles. The van der Waals surface area contributed by atoms with E-state index in [9.17, 15) is 4.79 Å². The molecule has 1 heterocycles. The number of carbonyl (C=O) groups excluding carboxylic acids is 1. The topological polar surface area (TPSA) is 17.1 Å². The van der Waals surface area contributed by atoms with Gasteiger partial charge >= 0.3 is 0 Å². The zero-order valence-electron chi connectivity index (χ0n) is 9.20. The number of thiophene rings is 1. The number of hydrogen-bond donors (Lipinski definition) is 0. The highest BCUT2D eigenvalue weighted by molar-refractivity contribution is 14.1. The number of ketones is 1. The van der Waals surface area contributed by atoms with E-state index in [0.29, 0.717) is 0 Å². The van der Waals surface area contributed by atoms with Crippen LogP contribution in [0.25, 0.3) is 0 Å².